The standard InChI is InChI=1S/C15H21F3N2O4S.ClH/c16-15(17,18)24-13-3-1-4-14(11-13)25(21,22)20-8-5-12(6-9-20)23-10-2-7-19;/h1,3-4,11-12H,2,5-10,19H2;1H. The Morgan fingerprint density at radius 3 is 2.46 bits per heavy atom. The Balaban J connectivity index is 0.00000338. The maximum atomic E-state index is 12.6. The fraction of sp³-hybridized carbons (Fsp3) is 0.600. The number of hydrogen-bond donors (Lipinski definition) is 1. The summed E-state index contributed by atoms with van der Waals surface area (Å²) in [6, 6.07) is 4.41. The van der Waals surface area contributed by atoms with Gasteiger partial charge in [-0.3, -0.25) is 0 Å². The Morgan fingerprint density at radius 1 is 1.23 bits per heavy atom. The number of nitrogens with two attached hydrogens (primary N) is 1. The number of rotatable bonds is 7. The van der Waals surface area contributed by atoms with Crippen molar-refractivity contribution in [2.75, 3.05) is 26.2 Å². The molecule has 1 aromatic rings. The highest BCUT2D eigenvalue weighted by Crippen LogP contribution is 2.27. The highest BCUT2D eigenvalue weighted by molar-refractivity contribution is 7.89. The fourth-order valence-corrected chi connectivity index (χ4v) is 4.06. The van der Waals surface area contributed by atoms with Gasteiger partial charge in [0.2, 0.25) is 10.0 Å². The Morgan fingerprint density at radius 2 is 1.88 bits per heavy atom. The van der Waals surface area contributed by atoms with Gasteiger partial charge in [0.15, 0.2) is 0 Å². The van der Waals surface area contributed by atoms with Crippen LogP contribution in [0.4, 0.5) is 13.2 Å². The van der Waals surface area contributed by atoms with Crippen LogP contribution in [0.2, 0.25) is 0 Å². The van der Waals surface area contributed by atoms with E-state index in [4.69, 9.17) is 10.5 Å². The van der Waals surface area contributed by atoms with E-state index in [1.807, 2.05) is 0 Å². The van der Waals surface area contributed by atoms with E-state index in [0.29, 0.717) is 26.0 Å². The zero-order valence-electron chi connectivity index (χ0n) is 13.9. The molecule has 1 aliphatic heterocycles. The summed E-state index contributed by atoms with van der Waals surface area (Å²) in [6.07, 6.45) is -3.10. The van der Waals surface area contributed by atoms with E-state index in [1.54, 1.807) is 0 Å². The predicted molar refractivity (Wildman–Crippen MR) is 91.8 cm³/mol. The van der Waals surface area contributed by atoms with Crippen LogP contribution < -0.4 is 10.5 Å². The number of nitrogens with zero attached hydrogens (tertiary/aromatic N) is 1. The lowest BCUT2D eigenvalue weighted by Gasteiger charge is -2.31. The van der Waals surface area contributed by atoms with Crippen molar-refractivity contribution in [3.63, 3.8) is 0 Å². The molecule has 1 heterocycles. The second-order valence-electron chi connectivity index (χ2n) is 5.64. The van der Waals surface area contributed by atoms with Crippen molar-refractivity contribution in [2.24, 2.45) is 5.73 Å². The predicted octanol–water partition coefficient (Wildman–Crippen LogP) is 2.53. The molecule has 26 heavy (non-hydrogen) atoms. The fourth-order valence-electron chi connectivity index (χ4n) is 2.55. The van der Waals surface area contributed by atoms with Crippen molar-refractivity contribution in [2.45, 2.75) is 36.6 Å². The molecule has 1 fully saturated rings. The summed E-state index contributed by atoms with van der Waals surface area (Å²) >= 11 is 0. The van der Waals surface area contributed by atoms with Crippen LogP contribution in [-0.4, -0.2) is 51.4 Å². The highest BCUT2D eigenvalue weighted by atomic mass is 35.5. The zero-order chi connectivity index (χ0) is 18.5. The van der Waals surface area contributed by atoms with Crippen LogP contribution in [-0.2, 0) is 14.8 Å². The number of halogens is 4. The van der Waals surface area contributed by atoms with Gasteiger partial charge < -0.3 is 15.2 Å². The lowest BCUT2D eigenvalue weighted by molar-refractivity contribution is -0.274. The van der Waals surface area contributed by atoms with Crippen molar-refractivity contribution < 1.29 is 31.1 Å². The SMILES string of the molecule is Cl.NCCCOC1CCN(S(=O)(=O)c2cccc(OC(F)(F)F)c2)CC1. The van der Waals surface area contributed by atoms with E-state index in [1.165, 1.54) is 16.4 Å². The first kappa shape index (κ1) is 23.0. The van der Waals surface area contributed by atoms with Gasteiger partial charge in [0, 0.05) is 25.8 Å². The van der Waals surface area contributed by atoms with Gasteiger partial charge in [-0.05, 0) is 37.9 Å². The summed E-state index contributed by atoms with van der Waals surface area (Å²) in [5, 5.41) is 0. The Labute approximate surface area is 156 Å². The van der Waals surface area contributed by atoms with Gasteiger partial charge in [0.1, 0.15) is 5.75 Å². The van der Waals surface area contributed by atoms with E-state index in [9.17, 15) is 21.6 Å². The van der Waals surface area contributed by atoms with E-state index in [2.05, 4.69) is 4.74 Å². The molecule has 0 saturated carbocycles. The smallest absolute Gasteiger partial charge is 0.406 e. The summed E-state index contributed by atoms with van der Waals surface area (Å²) in [4.78, 5) is -0.225. The Hall–Kier alpha value is -1.07. The molecule has 1 aliphatic rings. The van der Waals surface area contributed by atoms with E-state index >= 15 is 0 Å². The number of alkyl halides is 3. The van der Waals surface area contributed by atoms with Crippen LogP contribution in [0, 0.1) is 0 Å². The van der Waals surface area contributed by atoms with Crippen molar-refractivity contribution in [3.8, 4) is 5.75 Å². The summed E-state index contributed by atoms with van der Waals surface area (Å²) in [7, 11) is -3.88. The van der Waals surface area contributed by atoms with Crippen LogP contribution in [0.1, 0.15) is 19.3 Å². The number of hydrogen-bond acceptors (Lipinski definition) is 5. The van der Waals surface area contributed by atoms with E-state index in [-0.39, 0.29) is 36.5 Å². The third kappa shape index (κ3) is 6.58. The largest absolute Gasteiger partial charge is 0.573 e. The molecule has 0 aromatic heterocycles. The molecule has 0 bridgehead atoms. The van der Waals surface area contributed by atoms with Gasteiger partial charge in [-0.25, -0.2) is 8.42 Å². The molecule has 1 aromatic carbocycles. The molecule has 6 nitrogen and oxygen atoms in total. The molecule has 0 atom stereocenters. The van der Waals surface area contributed by atoms with Gasteiger partial charge in [0.25, 0.3) is 0 Å². The zero-order valence-corrected chi connectivity index (χ0v) is 15.6. The summed E-state index contributed by atoms with van der Waals surface area (Å²) in [6.45, 7) is 1.56. The van der Waals surface area contributed by atoms with Crippen LogP contribution in [0.5, 0.6) is 5.75 Å². The highest BCUT2D eigenvalue weighted by Gasteiger charge is 2.33. The normalized spacial score (nSPS) is 16.9. The monoisotopic (exact) mass is 418 g/mol. The summed E-state index contributed by atoms with van der Waals surface area (Å²) in [5.74, 6) is -0.562. The minimum Gasteiger partial charge on any atom is -0.406 e. The van der Waals surface area contributed by atoms with E-state index < -0.39 is 22.1 Å². The average molecular weight is 419 g/mol. The molecular weight excluding hydrogens is 397 g/mol. The summed E-state index contributed by atoms with van der Waals surface area (Å²) < 4.78 is 72.7. The second kappa shape index (κ2) is 9.75. The third-order valence-electron chi connectivity index (χ3n) is 3.78. The van der Waals surface area contributed by atoms with Crippen LogP contribution in [0.25, 0.3) is 0 Å². The molecule has 0 radical (unpaired) electrons. The Kier molecular flexibility index (Phi) is 8.61. The molecule has 0 spiro atoms. The van der Waals surface area contributed by atoms with Gasteiger partial charge in [0.05, 0.1) is 11.0 Å². The molecule has 150 valence electrons. The van der Waals surface area contributed by atoms with Crippen LogP contribution in [0.3, 0.4) is 0 Å². The Bertz CT molecular complexity index is 665. The number of sulfonamides is 1. The number of ether oxygens (including phenoxy) is 2. The molecular formula is C15H22ClF3N2O4S. The van der Waals surface area contributed by atoms with E-state index in [0.717, 1.165) is 18.6 Å². The van der Waals surface area contributed by atoms with Gasteiger partial charge in [-0.15, -0.1) is 25.6 Å². The van der Waals surface area contributed by atoms with Crippen molar-refractivity contribution in [3.05, 3.63) is 24.3 Å². The first-order chi connectivity index (χ1) is 11.7. The topological polar surface area (TPSA) is 81.9 Å². The van der Waals surface area contributed by atoms with Gasteiger partial charge >= 0.3 is 6.36 Å². The first-order valence-corrected chi connectivity index (χ1v) is 9.34. The third-order valence-corrected chi connectivity index (χ3v) is 5.67. The maximum absolute atomic E-state index is 12.6. The molecule has 0 amide bonds. The van der Waals surface area contributed by atoms with Crippen molar-refractivity contribution in [1.82, 2.24) is 4.31 Å². The van der Waals surface area contributed by atoms with Crippen molar-refractivity contribution in [1.29, 1.82) is 0 Å². The number of piperidine rings is 1. The minimum absolute atomic E-state index is 0. The molecule has 0 aliphatic carbocycles. The van der Waals surface area contributed by atoms with Gasteiger partial charge in [-0.2, -0.15) is 4.31 Å². The number of benzene rings is 1. The minimum atomic E-state index is -4.87. The second-order valence-corrected chi connectivity index (χ2v) is 7.58. The molecule has 2 rings (SSSR count). The lowest BCUT2D eigenvalue weighted by Crippen LogP contribution is -2.41. The summed E-state index contributed by atoms with van der Waals surface area (Å²) in [5.41, 5.74) is 5.39. The lowest BCUT2D eigenvalue weighted by atomic mass is 10.1. The maximum Gasteiger partial charge on any atom is 0.573 e. The molecule has 2 N–H and O–H groups in total. The first-order valence-electron chi connectivity index (χ1n) is 7.90. The van der Waals surface area contributed by atoms with Gasteiger partial charge in [-0.1, -0.05) is 6.07 Å². The van der Waals surface area contributed by atoms with Crippen LogP contribution in [0.15, 0.2) is 29.2 Å². The molecule has 11 heteroatoms. The average Bonchev–Trinajstić information content (AvgIpc) is 2.54. The van der Waals surface area contributed by atoms with Crippen LogP contribution >= 0.6 is 12.4 Å². The molecule has 1 saturated heterocycles. The molecule has 0 unspecified atom stereocenters. The van der Waals surface area contributed by atoms with Crippen molar-refractivity contribution >= 4 is 22.4 Å². The quantitative estimate of drug-likeness (QED) is 0.688.